The van der Waals surface area contributed by atoms with E-state index in [9.17, 15) is 17.8 Å². The van der Waals surface area contributed by atoms with Crippen molar-refractivity contribution in [1.29, 1.82) is 0 Å². The maximum Gasteiger partial charge on any atom is 1.00 e. The Morgan fingerprint density at radius 2 is 2.00 bits per heavy atom. The second-order valence-corrected chi connectivity index (χ2v) is 6.46. The zero-order valence-corrected chi connectivity index (χ0v) is 12.5. The first-order valence-corrected chi connectivity index (χ1v) is 7.56. The molecule has 0 unspecified atom stereocenters. The van der Waals surface area contributed by atoms with E-state index in [-0.39, 0.29) is 41.1 Å². The molecule has 0 heterocycles. The minimum Gasteiger partial charge on any atom is -0.748 e. The molecular formula is C5H10NNaO5S3. The molecular weight excluding hydrogens is 273 g/mol. The fraction of sp³-hybridized carbons (Fsp3) is 0.800. The van der Waals surface area contributed by atoms with Crippen LogP contribution < -0.4 is 35.3 Å². The first-order chi connectivity index (χ1) is 6.33. The summed E-state index contributed by atoms with van der Waals surface area (Å²) in [4.78, 5) is 10.2. The zero-order valence-electron chi connectivity index (χ0n) is 8.08. The van der Waals surface area contributed by atoms with Gasteiger partial charge in [-0.3, -0.25) is 4.79 Å². The third kappa shape index (κ3) is 13.0. The van der Waals surface area contributed by atoms with Crippen LogP contribution in [0.4, 0.5) is 0 Å². The summed E-state index contributed by atoms with van der Waals surface area (Å²) in [6.07, 6.45) is 0. The second kappa shape index (κ2) is 9.11. The van der Waals surface area contributed by atoms with Crippen molar-refractivity contribution in [3.05, 3.63) is 0 Å². The van der Waals surface area contributed by atoms with Gasteiger partial charge in [-0.2, -0.15) is 0 Å². The summed E-state index contributed by atoms with van der Waals surface area (Å²) in [6, 6.07) is -0.962. The van der Waals surface area contributed by atoms with E-state index in [0.29, 0.717) is 0 Å². The van der Waals surface area contributed by atoms with Crippen molar-refractivity contribution in [2.24, 2.45) is 5.73 Å². The van der Waals surface area contributed by atoms with Crippen LogP contribution in [0, 0.1) is 0 Å². The van der Waals surface area contributed by atoms with Crippen LogP contribution in [-0.2, 0) is 14.9 Å². The van der Waals surface area contributed by atoms with Gasteiger partial charge < -0.3 is 15.4 Å². The number of carbonyl (C=O) groups is 1. The second-order valence-electron chi connectivity index (χ2n) is 2.31. The van der Waals surface area contributed by atoms with Crippen molar-refractivity contribution in [3.63, 3.8) is 0 Å². The summed E-state index contributed by atoms with van der Waals surface area (Å²) in [5.74, 6) is -1.23. The normalized spacial score (nSPS) is 12.9. The topological polar surface area (TPSA) is 121 Å². The zero-order chi connectivity index (χ0) is 11.2. The van der Waals surface area contributed by atoms with Gasteiger partial charge in [-0.25, -0.2) is 8.42 Å². The van der Waals surface area contributed by atoms with E-state index in [0.717, 1.165) is 21.6 Å². The molecule has 1 atom stereocenters. The van der Waals surface area contributed by atoms with Crippen molar-refractivity contribution in [2.45, 2.75) is 6.04 Å². The van der Waals surface area contributed by atoms with Gasteiger partial charge in [0, 0.05) is 17.3 Å². The average molecular weight is 283 g/mol. The average Bonchev–Trinajstić information content (AvgIpc) is 2.01. The predicted octanol–water partition coefficient (Wildman–Crippen LogP) is -3.67. The fourth-order valence-electron chi connectivity index (χ4n) is 0.388. The molecule has 0 bridgehead atoms. The Labute approximate surface area is 118 Å². The number of rotatable bonds is 7. The van der Waals surface area contributed by atoms with E-state index in [4.69, 9.17) is 10.8 Å². The Kier molecular flexibility index (Phi) is 11.2. The molecule has 0 amide bonds. The molecule has 0 fully saturated rings. The number of carboxylic acid groups (broad SMARTS) is 1. The minimum absolute atomic E-state index is 0. The Morgan fingerprint density at radius 3 is 2.40 bits per heavy atom. The number of nitrogens with two attached hydrogens (primary N) is 1. The molecule has 0 saturated heterocycles. The minimum atomic E-state index is -4.17. The molecule has 0 saturated carbocycles. The van der Waals surface area contributed by atoms with Crippen LogP contribution in [0.25, 0.3) is 0 Å². The van der Waals surface area contributed by atoms with Crippen LogP contribution in [0.5, 0.6) is 0 Å². The van der Waals surface area contributed by atoms with Gasteiger partial charge in [-0.1, -0.05) is 21.6 Å². The maximum absolute atomic E-state index is 10.2. The van der Waals surface area contributed by atoms with Crippen LogP contribution in [0.2, 0.25) is 0 Å². The van der Waals surface area contributed by atoms with Gasteiger partial charge in [-0.05, 0) is 0 Å². The summed E-state index contributed by atoms with van der Waals surface area (Å²) in [5, 5.41) is 8.37. The first kappa shape index (κ1) is 18.4. The summed E-state index contributed by atoms with van der Waals surface area (Å²) in [6.45, 7) is 0. The van der Waals surface area contributed by atoms with E-state index >= 15 is 0 Å². The number of aliphatic carboxylic acids is 1. The maximum atomic E-state index is 10.2. The molecule has 0 aliphatic carbocycles. The van der Waals surface area contributed by atoms with Gasteiger partial charge >= 0.3 is 35.5 Å². The molecule has 10 heteroatoms. The van der Waals surface area contributed by atoms with Gasteiger partial charge in [0.05, 0.1) is 10.1 Å². The van der Waals surface area contributed by atoms with Crippen LogP contribution >= 0.6 is 21.6 Å². The smallest absolute Gasteiger partial charge is 0.748 e. The van der Waals surface area contributed by atoms with Crippen LogP contribution in [0.3, 0.4) is 0 Å². The Hall–Kier alpha value is 1.04. The Morgan fingerprint density at radius 1 is 1.47 bits per heavy atom. The molecule has 84 valence electrons. The fourth-order valence-corrected chi connectivity index (χ4v) is 3.67. The molecule has 15 heavy (non-hydrogen) atoms. The number of hydrogen-bond acceptors (Lipinski definition) is 7. The van der Waals surface area contributed by atoms with Crippen molar-refractivity contribution in [3.8, 4) is 0 Å². The van der Waals surface area contributed by atoms with Crippen LogP contribution in [0.15, 0.2) is 0 Å². The molecule has 0 aromatic rings. The van der Waals surface area contributed by atoms with Crippen molar-refractivity contribution in [2.75, 3.05) is 17.3 Å². The first-order valence-electron chi connectivity index (χ1n) is 3.49. The van der Waals surface area contributed by atoms with Gasteiger partial charge in [0.2, 0.25) is 0 Å². The van der Waals surface area contributed by atoms with Gasteiger partial charge in [0.25, 0.3) is 0 Å². The Balaban J connectivity index is 0. The van der Waals surface area contributed by atoms with Crippen molar-refractivity contribution >= 4 is 37.7 Å². The van der Waals surface area contributed by atoms with Crippen LogP contribution in [-0.4, -0.2) is 47.3 Å². The Bertz CT molecular complexity index is 282. The quantitative estimate of drug-likeness (QED) is 0.212. The monoisotopic (exact) mass is 283 g/mol. The SMILES string of the molecule is N[C@@H](CSSCCS(=O)(=O)[O-])C(=O)O.[Na+]. The molecule has 0 aliphatic rings. The largest absolute Gasteiger partial charge is 1.00 e. The van der Waals surface area contributed by atoms with Crippen molar-refractivity contribution < 1.29 is 52.4 Å². The number of carboxylic acids is 1. The molecule has 3 N–H and O–H groups in total. The van der Waals surface area contributed by atoms with E-state index in [1.54, 1.807) is 0 Å². The molecule has 0 spiro atoms. The molecule has 0 aliphatic heterocycles. The third-order valence-electron chi connectivity index (χ3n) is 1.06. The van der Waals surface area contributed by atoms with Gasteiger partial charge in [0.15, 0.2) is 0 Å². The summed E-state index contributed by atoms with van der Waals surface area (Å²) in [5.41, 5.74) is 5.17. The molecule has 0 radical (unpaired) electrons. The van der Waals surface area contributed by atoms with Crippen LogP contribution in [0.1, 0.15) is 0 Å². The summed E-state index contributed by atoms with van der Waals surface area (Å²) < 4.78 is 30.4. The van der Waals surface area contributed by atoms with E-state index in [2.05, 4.69) is 0 Å². The van der Waals surface area contributed by atoms with E-state index in [1.807, 2.05) is 0 Å². The number of hydrogen-bond donors (Lipinski definition) is 2. The van der Waals surface area contributed by atoms with E-state index in [1.165, 1.54) is 0 Å². The predicted molar refractivity (Wildman–Crippen MR) is 55.1 cm³/mol. The standard InChI is InChI=1S/C5H11NO5S3.Na/c6-4(5(7)8)3-13-12-1-2-14(9,10)11;/h4H,1-3,6H2,(H,7,8)(H,9,10,11);/q;+1/p-1/t4-;/m0./s1. The summed E-state index contributed by atoms with van der Waals surface area (Å²) >= 11 is 0. The summed E-state index contributed by atoms with van der Waals surface area (Å²) in [7, 11) is -1.92. The molecule has 0 aromatic heterocycles. The molecule has 6 nitrogen and oxygen atoms in total. The third-order valence-corrected chi connectivity index (χ3v) is 4.47. The molecule has 0 rings (SSSR count). The van der Waals surface area contributed by atoms with Gasteiger partial charge in [0.1, 0.15) is 6.04 Å². The van der Waals surface area contributed by atoms with Crippen molar-refractivity contribution in [1.82, 2.24) is 0 Å². The van der Waals surface area contributed by atoms with E-state index < -0.39 is 27.9 Å². The molecule has 0 aromatic carbocycles. The van der Waals surface area contributed by atoms with Gasteiger partial charge in [-0.15, -0.1) is 0 Å².